The van der Waals surface area contributed by atoms with Crippen LogP contribution in [0.15, 0.2) is 0 Å². The Morgan fingerprint density at radius 1 is 1.38 bits per heavy atom. The Balaban J connectivity index is 3.73. The van der Waals surface area contributed by atoms with Crippen molar-refractivity contribution < 1.29 is 24.2 Å². The summed E-state index contributed by atoms with van der Waals surface area (Å²) in [5, 5.41) is 8.48. The Bertz CT molecular complexity index is 219. The van der Waals surface area contributed by atoms with E-state index in [2.05, 4.69) is 12.6 Å². The molecule has 0 fully saturated rings. The fourth-order valence-electron chi connectivity index (χ4n) is 0.882. The number of hydrogen-bond donors (Lipinski definition) is 2. The molecule has 0 aliphatic carbocycles. The first-order valence-corrected chi connectivity index (χ1v) is 5.83. The van der Waals surface area contributed by atoms with E-state index in [4.69, 9.17) is 14.6 Å². The molecule has 0 aromatic heterocycles. The molecule has 0 bridgehead atoms. The van der Waals surface area contributed by atoms with Crippen LogP contribution in [0.25, 0.3) is 0 Å². The maximum Gasteiger partial charge on any atom is 0.347 e. The Hall–Kier alpha value is -0.750. The molecule has 94 valence electrons. The number of carbonyl (C=O) groups is 2. The number of hydrogen-bond acceptors (Lipinski definition) is 6. The van der Waals surface area contributed by atoms with Crippen LogP contribution in [0.2, 0.25) is 0 Å². The highest BCUT2D eigenvalue weighted by Crippen LogP contribution is 2.01. The molecule has 0 heterocycles. The third kappa shape index (κ3) is 7.53. The first-order valence-electron chi connectivity index (χ1n) is 5.19. The van der Waals surface area contributed by atoms with E-state index in [1.54, 1.807) is 0 Å². The second-order valence-corrected chi connectivity index (χ2v) is 3.65. The summed E-state index contributed by atoms with van der Waals surface area (Å²) in [5.41, 5.74) is 0. The highest BCUT2D eigenvalue weighted by Gasteiger charge is 2.18. The van der Waals surface area contributed by atoms with Gasteiger partial charge in [-0.1, -0.05) is 0 Å². The monoisotopic (exact) mass is 250 g/mol. The normalized spacial score (nSPS) is 11.9. The van der Waals surface area contributed by atoms with Gasteiger partial charge in [-0.05, 0) is 19.1 Å². The number of esters is 2. The largest absolute Gasteiger partial charge is 0.463 e. The van der Waals surface area contributed by atoms with Crippen LogP contribution < -0.4 is 0 Å². The van der Waals surface area contributed by atoms with Gasteiger partial charge in [-0.2, -0.15) is 12.6 Å². The number of ether oxygens (including phenoxy) is 2. The van der Waals surface area contributed by atoms with Gasteiger partial charge in [-0.25, -0.2) is 4.79 Å². The molecule has 0 rings (SSSR count). The summed E-state index contributed by atoms with van der Waals surface area (Å²) in [6, 6.07) is 0. The Morgan fingerprint density at radius 3 is 2.62 bits per heavy atom. The predicted octanol–water partition coefficient (Wildman–Crippen LogP) is 0.554. The van der Waals surface area contributed by atoms with Gasteiger partial charge in [0.15, 0.2) is 6.10 Å². The van der Waals surface area contributed by atoms with Crippen molar-refractivity contribution in [2.45, 2.75) is 32.3 Å². The zero-order valence-corrected chi connectivity index (χ0v) is 10.2. The summed E-state index contributed by atoms with van der Waals surface area (Å²) < 4.78 is 9.59. The molecular weight excluding hydrogens is 232 g/mol. The SMILES string of the molecule is CC(OC(=O)CCCS)C(=O)OCCCO. The van der Waals surface area contributed by atoms with Gasteiger partial charge in [0.05, 0.1) is 6.61 Å². The molecule has 0 amide bonds. The molecular formula is C10H18O5S. The minimum absolute atomic E-state index is 0.0383. The number of aliphatic hydroxyl groups excluding tert-OH is 1. The minimum Gasteiger partial charge on any atom is -0.463 e. The molecule has 0 spiro atoms. The average molecular weight is 250 g/mol. The molecule has 0 saturated carbocycles. The second kappa shape index (κ2) is 9.47. The lowest BCUT2D eigenvalue weighted by Gasteiger charge is -2.12. The van der Waals surface area contributed by atoms with Crippen LogP contribution in [0, 0.1) is 0 Å². The molecule has 1 N–H and O–H groups in total. The quantitative estimate of drug-likeness (QED) is 0.374. The lowest BCUT2D eigenvalue weighted by Crippen LogP contribution is -2.26. The highest BCUT2D eigenvalue weighted by molar-refractivity contribution is 7.80. The van der Waals surface area contributed by atoms with Crippen molar-refractivity contribution in [3.63, 3.8) is 0 Å². The first-order chi connectivity index (χ1) is 7.61. The van der Waals surface area contributed by atoms with Gasteiger partial charge in [0.2, 0.25) is 0 Å². The number of aliphatic hydroxyl groups is 1. The molecule has 16 heavy (non-hydrogen) atoms. The van der Waals surface area contributed by atoms with Crippen molar-refractivity contribution in [3.05, 3.63) is 0 Å². The zero-order valence-electron chi connectivity index (χ0n) is 9.35. The van der Waals surface area contributed by atoms with Crippen molar-refractivity contribution in [2.75, 3.05) is 19.0 Å². The van der Waals surface area contributed by atoms with Crippen LogP contribution in [-0.4, -0.2) is 42.1 Å². The van der Waals surface area contributed by atoms with Crippen LogP contribution in [0.1, 0.15) is 26.2 Å². The third-order valence-corrected chi connectivity index (χ3v) is 2.04. The van der Waals surface area contributed by atoms with Crippen LogP contribution in [0.3, 0.4) is 0 Å². The lowest BCUT2D eigenvalue weighted by molar-refractivity contribution is -0.166. The van der Waals surface area contributed by atoms with Gasteiger partial charge in [0.25, 0.3) is 0 Å². The summed E-state index contributed by atoms with van der Waals surface area (Å²) in [4.78, 5) is 22.4. The van der Waals surface area contributed by atoms with Crippen molar-refractivity contribution >= 4 is 24.6 Å². The van der Waals surface area contributed by atoms with E-state index in [1.165, 1.54) is 6.92 Å². The van der Waals surface area contributed by atoms with Crippen molar-refractivity contribution in [3.8, 4) is 0 Å². The molecule has 0 aromatic rings. The molecule has 1 atom stereocenters. The minimum atomic E-state index is -0.897. The van der Waals surface area contributed by atoms with Gasteiger partial charge in [-0.3, -0.25) is 4.79 Å². The van der Waals surface area contributed by atoms with Gasteiger partial charge in [0, 0.05) is 19.4 Å². The van der Waals surface area contributed by atoms with Gasteiger partial charge in [-0.15, -0.1) is 0 Å². The molecule has 0 saturated heterocycles. The van der Waals surface area contributed by atoms with E-state index in [0.29, 0.717) is 18.6 Å². The van der Waals surface area contributed by atoms with Crippen LogP contribution >= 0.6 is 12.6 Å². The summed E-state index contributed by atoms with van der Waals surface area (Å²) in [5.74, 6) is -0.418. The Kier molecular flexibility index (Phi) is 9.03. The van der Waals surface area contributed by atoms with Crippen LogP contribution in [-0.2, 0) is 19.1 Å². The Morgan fingerprint density at radius 2 is 2.06 bits per heavy atom. The number of rotatable bonds is 8. The van der Waals surface area contributed by atoms with E-state index >= 15 is 0 Å². The summed E-state index contributed by atoms with van der Waals surface area (Å²) in [6.45, 7) is 1.55. The zero-order chi connectivity index (χ0) is 12.4. The fraction of sp³-hybridized carbons (Fsp3) is 0.800. The van der Waals surface area contributed by atoms with Gasteiger partial charge < -0.3 is 14.6 Å². The van der Waals surface area contributed by atoms with Gasteiger partial charge >= 0.3 is 11.9 Å². The van der Waals surface area contributed by atoms with Gasteiger partial charge in [0.1, 0.15) is 0 Å². The predicted molar refractivity (Wildman–Crippen MR) is 61.3 cm³/mol. The molecule has 0 aromatic carbocycles. The molecule has 0 aliphatic rings. The second-order valence-electron chi connectivity index (χ2n) is 3.20. The number of thiol groups is 1. The summed E-state index contributed by atoms with van der Waals surface area (Å²) >= 11 is 3.96. The van der Waals surface area contributed by atoms with E-state index in [-0.39, 0.29) is 19.6 Å². The third-order valence-electron chi connectivity index (χ3n) is 1.73. The first kappa shape index (κ1) is 15.2. The topological polar surface area (TPSA) is 72.8 Å². The average Bonchev–Trinajstić information content (AvgIpc) is 2.26. The molecule has 0 radical (unpaired) electrons. The fourth-order valence-corrected chi connectivity index (χ4v) is 1.04. The maximum absolute atomic E-state index is 11.2. The van der Waals surface area contributed by atoms with E-state index < -0.39 is 18.0 Å². The van der Waals surface area contributed by atoms with Crippen LogP contribution in [0.5, 0.6) is 0 Å². The summed E-state index contributed by atoms with van der Waals surface area (Å²) in [7, 11) is 0. The molecule has 1 unspecified atom stereocenters. The summed E-state index contributed by atoms with van der Waals surface area (Å²) in [6.07, 6.45) is 0.351. The highest BCUT2D eigenvalue weighted by atomic mass is 32.1. The molecule has 5 nitrogen and oxygen atoms in total. The lowest BCUT2D eigenvalue weighted by atomic mass is 10.3. The van der Waals surface area contributed by atoms with E-state index in [1.807, 2.05) is 0 Å². The van der Waals surface area contributed by atoms with Crippen molar-refractivity contribution in [1.82, 2.24) is 0 Å². The van der Waals surface area contributed by atoms with E-state index in [9.17, 15) is 9.59 Å². The molecule has 6 heteroatoms. The molecule has 0 aliphatic heterocycles. The van der Waals surface area contributed by atoms with Crippen molar-refractivity contribution in [2.24, 2.45) is 0 Å². The van der Waals surface area contributed by atoms with E-state index in [0.717, 1.165) is 0 Å². The van der Waals surface area contributed by atoms with Crippen molar-refractivity contribution in [1.29, 1.82) is 0 Å². The smallest absolute Gasteiger partial charge is 0.347 e. The standard InChI is InChI=1S/C10H18O5S/c1-8(10(13)14-6-3-5-11)15-9(12)4-2-7-16/h8,11,16H,2-7H2,1H3. The number of carbonyl (C=O) groups excluding carboxylic acids is 2. The van der Waals surface area contributed by atoms with Crippen LogP contribution in [0.4, 0.5) is 0 Å². The Labute approximate surface area is 101 Å². The maximum atomic E-state index is 11.2.